The van der Waals surface area contributed by atoms with Crippen LogP contribution in [0.15, 0.2) is 78.9 Å². The Hall–Kier alpha value is -3.92. The number of benzene rings is 3. The van der Waals surface area contributed by atoms with E-state index in [9.17, 15) is 14.7 Å². The summed E-state index contributed by atoms with van der Waals surface area (Å²) < 4.78 is 22.8. The number of ether oxygens (including phenoxy) is 4. The number of hydrogen-bond acceptors (Lipinski definition) is 7. The number of amides is 2. The molecule has 5 rings (SSSR count). The van der Waals surface area contributed by atoms with Crippen LogP contribution in [-0.4, -0.2) is 67.5 Å². The molecule has 2 saturated heterocycles. The van der Waals surface area contributed by atoms with Gasteiger partial charge in [0.1, 0.15) is 11.9 Å². The van der Waals surface area contributed by atoms with Gasteiger partial charge in [0.15, 0.2) is 12.9 Å². The van der Waals surface area contributed by atoms with E-state index in [2.05, 4.69) is 10.6 Å². The third-order valence-electron chi connectivity index (χ3n) is 8.28. The predicted octanol–water partition coefficient (Wildman–Crippen LogP) is 4.26. The number of aryl methyl sites for hydroxylation is 2. The molecule has 44 heavy (non-hydrogen) atoms. The molecular formula is C35H42N2O7. The quantitative estimate of drug-likeness (QED) is 0.268. The first kappa shape index (κ1) is 31.5. The first-order chi connectivity index (χ1) is 21.4. The van der Waals surface area contributed by atoms with E-state index in [1.807, 2.05) is 92.7 Å². The highest BCUT2D eigenvalue weighted by atomic mass is 16.7. The molecule has 0 bridgehead atoms. The van der Waals surface area contributed by atoms with E-state index in [-0.39, 0.29) is 37.2 Å². The van der Waals surface area contributed by atoms with E-state index in [1.54, 1.807) is 0 Å². The standard InChI is InChI=1S/C35H42N2O7/c1-23-10-9-11-24(2)33(23)42-22-32(39)37-29(19-26-14-7-4-8-15-26)30(38)20-27(18-25-12-5-3-6-13-25)36-35(40)44-31-21-43-34-28(31)16-17-41-34/h3-15,27-31,34,38H,16-22H2,1-2H3,(H,36,40)(H,37,39)/t27-,28?,29-,30-,31?,34?/m0/s1. The lowest BCUT2D eigenvalue weighted by molar-refractivity contribution is -0.124. The zero-order valence-electron chi connectivity index (χ0n) is 25.3. The van der Waals surface area contributed by atoms with Gasteiger partial charge >= 0.3 is 6.09 Å². The summed E-state index contributed by atoms with van der Waals surface area (Å²) in [7, 11) is 0. The molecule has 0 saturated carbocycles. The number of para-hydroxylation sites is 1. The van der Waals surface area contributed by atoms with Crippen molar-refractivity contribution in [3.63, 3.8) is 0 Å². The predicted molar refractivity (Wildman–Crippen MR) is 165 cm³/mol. The third kappa shape index (κ3) is 8.59. The van der Waals surface area contributed by atoms with Gasteiger partial charge in [-0.15, -0.1) is 0 Å². The molecule has 9 heteroatoms. The van der Waals surface area contributed by atoms with Crippen LogP contribution in [0.5, 0.6) is 5.75 Å². The lowest BCUT2D eigenvalue weighted by atomic mass is 9.93. The lowest BCUT2D eigenvalue weighted by Gasteiger charge is -2.29. The Kier molecular flexibility index (Phi) is 10.9. The van der Waals surface area contributed by atoms with Crippen LogP contribution in [0, 0.1) is 19.8 Å². The van der Waals surface area contributed by atoms with Crippen molar-refractivity contribution in [3.05, 3.63) is 101 Å². The summed E-state index contributed by atoms with van der Waals surface area (Å²) in [5.74, 6) is 0.362. The fraction of sp³-hybridized carbons (Fsp3) is 0.429. The van der Waals surface area contributed by atoms with Gasteiger partial charge in [-0.3, -0.25) is 4.79 Å². The smallest absolute Gasteiger partial charge is 0.407 e. The van der Waals surface area contributed by atoms with E-state index in [1.165, 1.54) is 0 Å². The molecule has 3 N–H and O–H groups in total. The highest BCUT2D eigenvalue weighted by molar-refractivity contribution is 5.78. The number of fused-ring (bicyclic) bond motifs is 1. The van der Waals surface area contributed by atoms with E-state index in [0.29, 0.717) is 31.8 Å². The van der Waals surface area contributed by atoms with Gasteiger partial charge in [-0.05, 0) is 61.8 Å². The van der Waals surface area contributed by atoms with Gasteiger partial charge in [-0.25, -0.2) is 4.79 Å². The Morgan fingerprint density at radius 2 is 1.55 bits per heavy atom. The minimum Gasteiger partial charge on any atom is -0.483 e. The largest absolute Gasteiger partial charge is 0.483 e. The van der Waals surface area contributed by atoms with Crippen LogP contribution in [0.2, 0.25) is 0 Å². The van der Waals surface area contributed by atoms with Crippen molar-refractivity contribution in [1.82, 2.24) is 10.6 Å². The van der Waals surface area contributed by atoms with Gasteiger partial charge in [0.05, 0.1) is 31.3 Å². The molecule has 3 aromatic rings. The second-order valence-corrected chi connectivity index (χ2v) is 11.7. The molecule has 0 aromatic heterocycles. The normalized spacial score (nSPS) is 21.1. The molecular weight excluding hydrogens is 560 g/mol. The number of nitrogens with one attached hydrogen (secondary N) is 2. The summed E-state index contributed by atoms with van der Waals surface area (Å²) in [5, 5.41) is 17.5. The maximum absolute atomic E-state index is 13.1. The van der Waals surface area contributed by atoms with Crippen molar-refractivity contribution in [2.45, 2.75) is 70.1 Å². The van der Waals surface area contributed by atoms with Crippen molar-refractivity contribution < 1.29 is 33.6 Å². The topological polar surface area (TPSA) is 115 Å². The van der Waals surface area contributed by atoms with Crippen molar-refractivity contribution in [2.24, 2.45) is 5.92 Å². The minimum atomic E-state index is -0.976. The second-order valence-electron chi connectivity index (χ2n) is 11.7. The molecule has 0 spiro atoms. The molecule has 234 valence electrons. The Morgan fingerprint density at radius 3 is 2.23 bits per heavy atom. The Balaban J connectivity index is 1.26. The number of carbonyl (C=O) groups is 2. The summed E-state index contributed by atoms with van der Waals surface area (Å²) in [6.07, 6.45) is -0.394. The highest BCUT2D eigenvalue weighted by Crippen LogP contribution is 2.33. The third-order valence-corrected chi connectivity index (χ3v) is 8.28. The molecule has 0 radical (unpaired) electrons. The fourth-order valence-electron chi connectivity index (χ4n) is 6.00. The summed E-state index contributed by atoms with van der Waals surface area (Å²) in [4.78, 5) is 26.2. The number of alkyl carbamates (subject to hydrolysis) is 1. The van der Waals surface area contributed by atoms with Gasteiger partial charge in [-0.2, -0.15) is 0 Å². The average Bonchev–Trinajstić information content (AvgIpc) is 3.63. The van der Waals surface area contributed by atoms with Gasteiger partial charge in [-0.1, -0.05) is 78.9 Å². The maximum atomic E-state index is 13.1. The van der Waals surface area contributed by atoms with Crippen LogP contribution in [-0.2, 0) is 31.8 Å². The molecule has 2 amide bonds. The summed E-state index contributed by atoms with van der Waals surface area (Å²) in [5.41, 5.74) is 3.86. The number of carbonyl (C=O) groups excluding carboxylic acids is 2. The Morgan fingerprint density at radius 1 is 0.886 bits per heavy atom. The van der Waals surface area contributed by atoms with Crippen molar-refractivity contribution in [2.75, 3.05) is 19.8 Å². The molecule has 2 aliphatic heterocycles. The SMILES string of the molecule is Cc1cccc(C)c1OCC(=O)N[C@@H](Cc1ccccc1)[C@@H](O)C[C@H](Cc1ccccc1)NC(=O)OC1COC2OCCC12. The zero-order chi connectivity index (χ0) is 30.9. The molecule has 2 fully saturated rings. The minimum absolute atomic E-state index is 0.0232. The second kappa shape index (κ2) is 15.2. The van der Waals surface area contributed by atoms with Crippen LogP contribution in [0.3, 0.4) is 0 Å². The van der Waals surface area contributed by atoms with Crippen LogP contribution in [0.25, 0.3) is 0 Å². The molecule has 6 atom stereocenters. The molecule has 9 nitrogen and oxygen atoms in total. The molecule has 2 heterocycles. The number of hydrogen-bond donors (Lipinski definition) is 3. The summed E-state index contributed by atoms with van der Waals surface area (Å²) in [6, 6.07) is 24.2. The molecule has 2 aliphatic rings. The van der Waals surface area contributed by atoms with Crippen LogP contribution >= 0.6 is 0 Å². The molecule has 0 aliphatic carbocycles. The number of rotatable bonds is 13. The van der Waals surface area contributed by atoms with Gasteiger partial charge < -0.3 is 34.7 Å². The monoisotopic (exact) mass is 602 g/mol. The zero-order valence-corrected chi connectivity index (χ0v) is 25.3. The van der Waals surface area contributed by atoms with Crippen LogP contribution in [0.4, 0.5) is 4.79 Å². The van der Waals surface area contributed by atoms with Gasteiger partial charge in [0, 0.05) is 6.04 Å². The van der Waals surface area contributed by atoms with Gasteiger partial charge in [0.2, 0.25) is 0 Å². The van der Waals surface area contributed by atoms with Crippen LogP contribution in [0.1, 0.15) is 35.1 Å². The van der Waals surface area contributed by atoms with E-state index in [0.717, 1.165) is 28.7 Å². The highest BCUT2D eigenvalue weighted by Gasteiger charge is 2.44. The van der Waals surface area contributed by atoms with Crippen LogP contribution < -0.4 is 15.4 Å². The van der Waals surface area contributed by atoms with E-state index in [4.69, 9.17) is 18.9 Å². The average molecular weight is 603 g/mol. The summed E-state index contributed by atoms with van der Waals surface area (Å²) >= 11 is 0. The van der Waals surface area contributed by atoms with Crippen molar-refractivity contribution >= 4 is 12.0 Å². The first-order valence-corrected chi connectivity index (χ1v) is 15.3. The molecule has 3 aromatic carbocycles. The molecule has 3 unspecified atom stereocenters. The number of aliphatic hydroxyl groups excluding tert-OH is 1. The first-order valence-electron chi connectivity index (χ1n) is 15.3. The Bertz CT molecular complexity index is 1350. The van der Waals surface area contributed by atoms with Gasteiger partial charge in [0.25, 0.3) is 5.91 Å². The van der Waals surface area contributed by atoms with Crippen molar-refractivity contribution in [1.29, 1.82) is 0 Å². The van der Waals surface area contributed by atoms with Crippen molar-refractivity contribution in [3.8, 4) is 5.75 Å². The number of aliphatic hydroxyl groups is 1. The summed E-state index contributed by atoms with van der Waals surface area (Å²) in [6.45, 7) is 4.57. The Labute approximate surface area is 258 Å². The maximum Gasteiger partial charge on any atom is 0.407 e. The lowest BCUT2D eigenvalue weighted by Crippen LogP contribution is -2.50. The van der Waals surface area contributed by atoms with E-state index < -0.39 is 24.3 Å². The fourth-order valence-corrected chi connectivity index (χ4v) is 6.00. The van der Waals surface area contributed by atoms with E-state index >= 15 is 0 Å².